The SMILES string of the molecule is CN(C)C(=O)C(c1ccccc1)N1CCC(c2nc3cc(Cl)ccc3o2)CC1. The number of halogens is 1. The number of benzene rings is 2. The number of carbonyl (C=O) groups excluding carboxylic acids is 1. The van der Waals surface area contributed by atoms with Crippen molar-refractivity contribution in [1.29, 1.82) is 0 Å². The van der Waals surface area contributed by atoms with E-state index in [0.717, 1.165) is 48.5 Å². The molecule has 1 saturated heterocycles. The Bertz CT molecular complexity index is 962. The van der Waals surface area contributed by atoms with Crippen LogP contribution in [-0.2, 0) is 4.79 Å². The number of aromatic nitrogens is 1. The fourth-order valence-corrected chi connectivity index (χ4v) is 4.05. The van der Waals surface area contributed by atoms with Crippen LogP contribution < -0.4 is 0 Å². The molecule has 1 atom stereocenters. The first-order chi connectivity index (χ1) is 13.5. The van der Waals surface area contributed by atoms with Crippen LogP contribution in [0.15, 0.2) is 52.9 Å². The number of piperidine rings is 1. The zero-order valence-electron chi connectivity index (χ0n) is 16.1. The van der Waals surface area contributed by atoms with Gasteiger partial charge >= 0.3 is 0 Å². The minimum atomic E-state index is -0.250. The standard InChI is InChI=1S/C22H24ClN3O2/c1-25(2)22(27)20(15-6-4-3-5-7-15)26-12-10-16(11-13-26)21-24-18-14-17(23)8-9-19(18)28-21/h3-9,14,16,20H,10-13H2,1-2H3. The highest BCUT2D eigenvalue weighted by Gasteiger charge is 2.33. The van der Waals surface area contributed by atoms with E-state index in [1.54, 1.807) is 4.90 Å². The Labute approximate surface area is 169 Å². The number of fused-ring (bicyclic) bond motifs is 1. The summed E-state index contributed by atoms with van der Waals surface area (Å²) >= 11 is 6.06. The molecule has 28 heavy (non-hydrogen) atoms. The van der Waals surface area contributed by atoms with E-state index >= 15 is 0 Å². The van der Waals surface area contributed by atoms with Crippen LogP contribution in [0, 0.1) is 0 Å². The molecule has 1 unspecified atom stereocenters. The lowest BCUT2D eigenvalue weighted by Gasteiger charge is -2.37. The Morgan fingerprint density at radius 2 is 1.89 bits per heavy atom. The summed E-state index contributed by atoms with van der Waals surface area (Å²) in [5.41, 5.74) is 2.61. The smallest absolute Gasteiger partial charge is 0.244 e. The van der Waals surface area contributed by atoms with Crippen molar-refractivity contribution in [2.24, 2.45) is 0 Å². The lowest BCUT2D eigenvalue weighted by molar-refractivity contribution is -0.135. The van der Waals surface area contributed by atoms with Crippen molar-refractivity contribution in [2.75, 3.05) is 27.2 Å². The second-order valence-corrected chi connectivity index (χ2v) is 7.96. The molecule has 4 rings (SSSR count). The first kappa shape index (κ1) is 19.0. The van der Waals surface area contributed by atoms with Crippen LogP contribution in [0.1, 0.15) is 36.3 Å². The quantitative estimate of drug-likeness (QED) is 0.650. The largest absolute Gasteiger partial charge is 0.440 e. The van der Waals surface area contributed by atoms with Gasteiger partial charge in [-0.1, -0.05) is 41.9 Å². The Balaban J connectivity index is 1.51. The highest BCUT2D eigenvalue weighted by molar-refractivity contribution is 6.31. The van der Waals surface area contributed by atoms with Gasteiger partial charge in [-0.3, -0.25) is 9.69 Å². The molecule has 2 heterocycles. The summed E-state index contributed by atoms with van der Waals surface area (Å²) in [5, 5.41) is 0.662. The predicted molar refractivity (Wildman–Crippen MR) is 110 cm³/mol. The van der Waals surface area contributed by atoms with Gasteiger partial charge in [0, 0.05) is 25.0 Å². The van der Waals surface area contributed by atoms with Crippen LogP contribution >= 0.6 is 11.6 Å². The highest BCUT2D eigenvalue weighted by Crippen LogP contribution is 2.34. The Morgan fingerprint density at radius 1 is 1.18 bits per heavy atom. The van der Waals surface area contributed by atoms with Crippen LogP contribution in [0.2, 0.25) is 5.02 Å². The summed E-state index contributed by atoms with van der Waals surface area (Å²) in [7, 11) is 3.63. The van der Waals surface area contributed by atoms with Gasteiger partial charge < -0.3 is 9.32 Å². The van der Waals surface area contributed by atoms with Crippen LogP contribution in [-0.4, -0.2) is 47.9 Å². The van der Waals surface area contributed by atoms with Crippen LogP contribution in [0.25, 0.3) is 11.1 Å². The van der Waals surface area contributed by atoms with Crippen molar-refractivity contribution in [3.05, 3.63) is 65.0 Å². The second-order valence-electron chi connectivity index (χ2n) is 7.52. The molecule has 1 fully saturated rings. The van der Waals surface area contributed by atoms with E-state index in [1.165, 1.54) is 0 Å². The first-order valence-electron chi connectivity index (χ1n) is 9.59. The van der Waals surface area contributed by atoms with E-state index in [9.17, 15) is 4.79 Å². The molecule has 1 aliphatic rings. The average Bonchev–Trinajstić information content (AvgIpc) is 3.12. The number of nitrogens with zero attached hydrogens (tertiary/aromatic N) is 3. The third-order valence-electron chi connectivity index (χ3n) is 5.40. The number of amides is 1. The summed E-state index contributed by atoms with van der Waals surface area (Å²) in [6.07, 6.45) is 1.81. The molecular formula is C22H24ClN3O2. The lowest BCUT2D eigenvalue weighted by Crippen LogP contribution is -2.43. The van der Waals surface area contributed by atoms with Crippen LogP contribution in [0.5, 0.6) is 0 Å². The van der Waals surface area contributed by atoms with Gasteiger partial charge in [0.05, 0.1) is 0 Å². The fraction of sp³-hybridized carbons (Fsp3) is 0.364. The molecule has 146 valence electrons. The predicted octanol–water partition coefficient (Wildman–Crippen LogP) is 4.49. The number of likely N-dealkylation sites (tertiary alicyclic amines) is 1. The molecule has 3 aromatic rings. The van der Waals surface area contributed by atoms with Gasteiger partial charge in [0.15, 0.2) is 11.5 Å². The van der Waals surface area contributed by atoms with Crippen molar-refractivity contribution in [2.45, 2.75) is 24.8 Å². The third-order valence-corrected chi connectivity index (χ3v) is 5.64. The molecule has 0 spiro atoms. The van der Waals surface area contributed by atoms with E-state index < -0.39 is 0 Å². The minimum absolute atomic E-state index is 0.112. The number of oxazole rings is 1. The molecule has 5 nitrogen and oxygen atoms in total. The molecule has 0 bridgehead atoms. The van der Waals surface area contributed by atoms with Gasteiger partial charge in [-0.2, -0.15) is 0 Å². The van der Waals surface area contributed by atoms with E-state index in [4.69, 9.17) is 16.0 Å². The first-order valence-corrected chi connectivity index (χ1v) is 9.97. The Hall–Kier alpha value is -2.37. The van der Waals surface area contributed by atoms with Gasteiger partial charge in [0.1, 0.15) is 11.6 Å². The number of likely N-dealkylation sites (N-methyl/N-ethyl adjacent to an activating group) is 1. The van der Waals surface area contributed by atoms with Crippen LogP contribution in [0.3, 0.4) is 0 Å². The summed E-state index contributed by atoms with van der Waals surface area (Å²) in [6, 6.07) is 15.3. The Kier molecular flexibility index (Phi) is 5.38. The average molecular weight is 398 g/mol. The van der Waals surface area contributed by atoms with Crippen molar-refractivity contribution < 1.29 is 9.21 Å². The summed E-state index contributed by atoms with van der Waals surface area (Å²) < 4.78 is 5.97. The summed E-state index contributed by atoms with van der Waals surface area (Å²) in [4.78, 5) is 21.5. The zero-order chi connectivity index (χ0) is 19.7. The third kappa shape index (κ3) is 3.77. The second kappa shape index (κ2) is 7.94. The Morgan fingerprint density at radius 3 is 2.57 bits per heavy atom. The molecule has 2 aromatic carbocycles. The van der Waals surface area contributed by atoms with Crippen molar-refractivity contribution in [3.63, 3.8) is 0 Å². The topological polar surface area (TPSA) is 49.6 Å². The lowest BCUT2D eigenvalue weighted by atomic mass is 9.93. The van der Waals surface area contributed by atoms with Crippen molar-refractivity contribution in [1.82, 2.24) is 14.8 Å². The number of rotatable bonds is 4. The van der Waals surface area contributed by atoms with Crippen LogP contribution in [0.4, 0.5) is 0 Å². The molecular weight excluding hydrogens is 374 g/mol. The monoisotopic (exact) mass is 397 g/mol. The van der Waals surface area contributed by atoms with Gasteiger partial charge in [-0.15, -0.1) is 0 Å². The van der Waals surface area contributed by atoms with E-state index in [2.05, 4.69) is 9.88 Å². The molecule has 0 radical (unpaired) electrons. The van der Waals surface area contributed by atoms with Gasteiger partial charge in [-0.05, 0) is 49.7 Å². The molecule has 1 amide bonds. The summed E-state index contributed by atoms with van der Waals surface area (Å²) in [6.45, 7) is 1.65. The maximum atomic E-state index is 12.9. The van der Waals surface area contributed by atoms with Crippen molar-refractivity contribution >= 4 is 28.6 Å². The number of hydrogen-bond acceptors (Lipinski definition) is 4. The molecule has 1 aliphatic heterocycles. The molecule has 6 heteroatoms. The van der Waals surface area contributed by atoms with Gasteiger partial charge in [0.2, 0.25) is 5.91 Å². The fourth-order valence-electron chi connectivity index (χ4n) is 3.89. The van der Waals surface area contributed by atoms with Gasteiger partial charge in [0.25, 0.3) is 0 Å². The molecule has 0 N–H and O–H groups in total. The van der Waals surface area contributed by atoms with E-state index in [0.29, 0.717) is 5.02 Å². The van der Waals surface area contributed by atoms with Crippen molar-refractivity contribution in [3.8, 4) is 0 Å². The number of carbonyl (C=O) groups is 1. The highest BCUT2D eigenvalue weighted by atomic mass is 35.5. The zero-order valence-corrected chi connectivity index (χ0v) is 16.9. The normalized spacial score (nSPS) is 17.0. The van der Waals surface area contributed by atoms with Gasteiger partial charge in [-0.25, -0.2) is 4.98 Å². The molecule has 0 aliphatic carbocycles. The minimum Gasteiger partial charge on any atom is -0.440 e. The maximum absolute atomic E-state index is 12.9. The number of hydrogen-bond donors (Lipinski definition) is 0. The van der Waals surface area contributed by atoms with E-state index in [-0.39, 0.29) is 17.9 Å². The maximum Gasteiger partial charge on any atom is 0.244 e. The molecule has 0 saturated carbocycles. The van der Waals surface area contributed by atoms with E-state index in [1.807, 2.05) is 62.6 Å². The summed E-state index contributed by atoms with van der Waals surface area (Å²) in [5.74, 6) is 1.14. The molecule has 1 aromatic heterocycles.